The molecule has 2 saturated heterocycles. The minimum Gasteiger partial charge on any atom is -0.496 e. The highest BCUT2D eigenvalue weighted by atomic mass is 35.5. The molecule has 3 fully saturated rings. The van der Waals surface area contributed by atoms with Crippen LogP contribution in [0, 0.1) is 11.6 Å². The molecule has 2 aliphatic heterocycles. The van der Waals surface area contributed by atoms with Crippen molar-refractivity contribution >= 4 is 34.4 Å². The van der Waals surface area contributed by atoms with Gasteiger partial charge in [0.15, 0.2) is 5.82 Å². The maximum atomic E-state index is 16.5. The molecule has 0 atom stereocenters. The molecule has 242 valence electrons. The highest BCUT2D eigenvalue weighted by molar-refractivity contribution is 6.34. The number of piperazine rings is 2. The van der Waals surface area contributed by atoms with Gasteiger partial charge in [-0.1, -0.05) is 17.7 Å². The maximum absolute atomic E-state index is 16.5. The van der Waals surface area contributed by atoms with Crippen molar-refractivity contribution in [3.63, 3.8) is 0 Å². The maximum Gasteiger partial charge on any atom is 0.410 e. The van der Waals surface area contributed by atoms with Crippen LogP contribution >= 0.6 is 11.6 Å². The van der Waals surface area contributed by atoms with E-state index in [1.807, 2.05) is 25.7 Å². The number of carbonyl (C=O) groups excluding carboxylic acids is 1. The van der Waals surface area contributed by atoms with Crippen molar-refractivity contribution in [3.8, 4) is 22.9 Å². The third-order valence-electron chi connectivity index (χ3n) is 8.36. The van der Waals surface area contributed by atoms with Crippen LogP contribution in [0.2, 0.25) is 5.02 Å². The summed E-state index contributed by atoms with van der Waals surface area (Å²) in [5, 5.41) is 0.343. The van der Waals surface area contributed by atoms with Gasteiger partial charge in [-0.05, 0) is 51.8 Å². The molecule has 6 rings (SSSR count). The van der Waals surface area contributed by atoms with E-state index in [-0.39, 0.29) is 40.2 Å². The van der Waals surface area contributed by atoms with E-state index < -0.39 is 23.3 Å². The first-order valence-electron chi connectivity index (χ1n) is 15.4. The summed E-state index contributed by atoms with van der Waals surface area (Å²) in [7, 11) is 1.39. The van der Waals surface area contributed by atoms with E-state index in [1.165, 1.54) is 32.1 Å². The molecule has 45 heavy (non-hydrogen) atoms. The number of methoxy groups -OCH3 is 1. The van der Waals surface area contributed by atoms with E-state index in [1.54, 1.807) is 17.0 Å². The number of rotatable bonds is 7. The smallest absolute Gasteiger partial charge is 0.410 e. The van der Waals surface area contributed by atoms with Crippen LogP contribution in [0.25, 0.3) is 22.0 Å². The molecule has 10 nitrogen and oxygen atoms in total. The summed E-state index contributed by atoms with van der Waals surface area (Å²) in [4.78, 5) is 30.2. The molecule has 1 aliphatic carbocycles. The molecule has 0 spiro atoms. The third kappa shape index (κ3) is 6.87. The second-order valence-corrected chi connectivity index (χ2v) is 13.1. The molecule has 13 heteroatoms. The Balaban J connectivity index is 1.33. The number of fused-ring (bicyclic) bond motifs is 1. The highest BCUT2D eigenvalue weighted by Gasteiger charge is 2.32. The zero-order chi connectivity index (χ0) is 31.9. The van der Waals surface area contributed by atoms with Gasteiger partial charge >= 0.3 is 12.1 Å². The number of hydrogen-bond donors (Lipinski definition) is 0. The van der Waals surface area contributed by atoms with Crippen LogP contribution in [0.1, 0.15) is 33.6 Å². The molecule has 0 bridgehead atoms. The summed E-state index contributed by atoms with van der Waals surface area (Å²) in [6, 6.07) is 6.53. The molecule has 0 unspecified atom stereocenters. The number of carbonyl (C=O) groups is 1. The van der Waals surface area contributed by atoms with Gasteiger partial charge in [-0.3, -0.25) is 9.80 Å². The number of halogens is 3. The van der Waals surface area contributed by atoms with Crippen molar-refractivity contribution in [1.82, 2.24) is 24.7 Å². The van der Waals surface area contributed by atoms with Crippen LogP contribution in [0.15, 0.2) is 24.3 Å². The Morgan fingerprint density at radius 2 is 1.71 bits per heavy atom. The van der Waals surface area contributed by atoms with E-state index in [4.69, 9.17) is 30.8 Å². The monoisotopic (exact) mass is 644 g/mol. The SMILES string of the molecule is COc1cccc(F)c1-c1c(Cl)cc2c(N3CCN(C(=O)OC(C)(C)C)CC3)nc(OCN3CCN(C4CC4)CC3)nc2c1F. The zero-order valence-corrected chi connectivity index (χ0v) is 26.9. The predicted molar refractivity (Wildman–Crippen MR) is 168 cm³/mol. The number of hydrogen-bond acceptors (Lipinski definition) is 9. The molecule has 3 heterocycles. The average molecular weight is 645 g/mol. The molecule has 1 saturated carbocycles. The number of ether oxygens (including phenoxy) is 3. The Hall–Kier alpha value is -3.48. The number of benzene rings is 2. The van der Waals surface area contributed by atoms with Gasteiger partial charge in [0.25, 0.3) is 0 Å². The van der Waals surface area contributed by atoms with Crippen molar-refractivity contribution in [2.24, 2.45) is 0 Å². The van der Waals surface area contributed by atoms with Gasteiger partial charge < -0.3 is 24.0 Å². The number of aromatic nitrogens is 2. The summed E-state index contributed by atoms with van der Waals surface area (Å²) < 4.78 is 48.6. The Labute approximate surface area is 266 Å². The summed E-state index contributed by atoms with van der Waals surface area (Å²) >= 11 is 6.67. The Morgan fingerprint density at radius 1 is 1.00 bits per heavy atom. The molecule has 3 aromatic rings. The molecule has 1 aromatic heterocycles. The van der Waals surface area contributed by atoms with Crippen LogP contribution in [0.3, 0.4) is 0 Å². The fourth-order valence-corrected chi connectivity index (χ4v) is 6.17. The Kier molecular flexibility index (Phi) is 8.91. The Morgan fingerprint density at radius 3 is 2.36 bits per heavy atom. The third-order valence-corrected chi connectivity index (χ3v) is 8.66. The van der Waals surface area contributed by atoms with E-state index >= 15 is 8.78 Å². The molecular weight excluding hydrogens is 606 g/mol. The van der Waals surface area contributed by atoms with Gasteiger partial charge in [0.2, 0.25) is 0 Å². The molecule has 3 aliphatic rings. The van der Waals surface area contributed by atoms with Crippen molar-refractivity contribution in [1.29, 1.82) is 0 Å². The lowest BCUT2D eigenvalue weighted by atomic mass is 10.0. The standard InChI is InChI=1S/C32H39ClF2N6O4/c1-32(2,3)45-31(42)41-16-14-40(15-17-41)29-21-18-22(33)25(26-23(34)6-5-7-24(26)43-4)27(35)28(21)36-30(37-29)44-19-38-10-12-39(13-11-38)20-8-9-20/h5-7,18,20H,8-17,19H2,1-4H3. The molecule has 1 amide bonds. The summed E-state index contributed by atoms with van der Waals surface area (Å²) in [6.45, 7) is 11.0. The van der Waals surface area contributed by atoms with Crippen molar-refractivity contribution in [3.05, 3.63) is 40.9 Å². The van der Waals surface area contributed by atoms with Crippen LogP contribution in [0.5, 0.6) is 11.8 Å². The first-order valence-corrected chi connectivity index (χ1v) is 15.7. The van der Waals surface area contributed by atoms with E-state index in [0.29, 0.717) is 43.4 Å². The quantitative estimate of drug-likeness (QED) is 0.335. The molecule has 2 aromatic carbocycles. The Bertz CT molecular complexity index is 1570. The van der Waals surface area contributed by atoms with E-state index in [2.05, 4.69) is 14.8 Å². The van der Waals surface area contributed by atoms with Crippen molar-refractivity contribution in [2.45, 2.75) is 45.3 Å². The second-order valence-electron chi connectivity index (χ2n) is 12.7. The molecule has 0 radical (unpaired) electrons. The van der Waals surface area contributed by atoms with Crippen molar-refractivity contribution in [2.75, 3.05) is 71.1 Å². The van der Waals surface area contributed by atoms with Crippen LogP contribution < -0.4 is 14.4 Å². The van der Waals surface area contributed by atoms with Gasteiger partial charge in [-0.2, -0.15) is 9.97 Å². The lowest BCUT2D eigenvalue weighted by Crippen LogP contribution is -2.50. The van der Waals surface area contributed by atoms with Gasteiger partial charge in [-0.15, -0.1) is 0 Å². The summed E-state index contributed by atoms with van der Waals surface area (Å²) in [5.41, 5.74) is -0.902. The number of nitrogens with zero attached hydrogens (tertiary/aromatic N) is 6. The highest BCUT2D eigenvalue weighted by Crippen LogP contribution is 2.43. The fraction of sp³-hybridized carbons (Fsp3) is 0.531. The van der Waals surface area contributed by atoms with Crippen LogP contribution in [-0.4, -0.2) is 109 Å². The normalized spacial score (nSPS) is 18.4. The second kappa shape index (κ2) is 12.7. The summed E-state index contributed by atoms with van der Waals surface area (Å²) in [6.07, 6.45) is 2.15. The average Bonchev–Trinajstić information content (AvgIpc) is 3.86. The zero-order valence-electron chi connectivity index (χ0n) is 26.1. The summed E-state index contributed by atoms with van der Waals surface area (Å²) in [5.74, 6) is -0.918. The lowest BCUT2D eigenvalue weighted by molar-refractivity contribution is 0.0240. The number of amides is 1. The fourth-order valence-electron chi connectivity index (χ4n) is 5.89. The topological polar surface area (TPSA) is 83.5 Å². The van der Waals surface area contributed by atoms with Gasteiger partial charge in [0, 0.05) is 69.3 Å². The largest absolute Gasteiger partial charge is 0.496 e. The predicted octanol–water partition coefficient (Wildman–Crippen LogP) is 5.41. The minimum absolute atomic E-state index is 0.00404. The van der Waals surface area contributed by atoms with Crippen LogP contribution in [0.4, 0.5) is 19.4 Å². The minimum atomic E-state index is -0.806. The lowest BCUT2D eigenvalue weighted by Gasteiger charge is -2.36. The van der Waals surface area contributed by atoms with Gasteiger partial charge in [0.05, 0.1) is 17.7 Å². The molecular formula is C32H39ClF2N6O4. The van der Waals surface area contributed by atoms with Gasteiger partial charge in [0.1, 0.15) is 35.2 Å². The van der Waals surface area contributed by atoms with Crippen LogP contribution in [-0.2, 0) is 4.74 Å². The van der Waals surface area contributed by atoms with E-state index in [9.17, 15) is 4.79 Å². The van der Waals surface area contributed by atoms with E-state index in [0.717, 1.165) is 26.2 Å². The van der Waals surface area contributed by atoms with Crippen molar-refractivity contribution < 1.29 is 27.8 Å². The van der Waals surface area contributed by atoms with Gasteiger partial charge in [-0.25, -0.2) is 13.6 Å². The first kappa shape index (κ1) is 31.5. The molecule has 0 N–H and O–H groups in total. The first-order chi connectivity index (χ1) is 21.5. The number of anilines is 1.